The molecule has 0 N–H and O–H groups in total. The van der Waals surface area contributed by atoms with Gasteiger partial charge in [-0.1, -0.05) is 45.5 Å². The minimum Gasteiger partial charge on any atom is -0.135 e. The zero-order valence-corrected chi connectivity index (χ0v) is 10.5. The normalized spacial score (nSPS) is 11.6. The van der Waals surface area contributed by atoms with E-state index in [2.05, 4.69) is 27.4 Å². The van der Waals surface area contributed by atoms with Gasteiger partial charge in [-0.25, -0.2) is 0 Å². The lowest BCUT2D eigenvalue weighted by molar-refractivity contribution is 1.12. The Morgan fingerprint density at radius 3 is 2.00 bits per heavy atom. The summed E-state index contributed by atoms with van der Waals surface area (Å²) in [5.74, 6) is 1.30. The van der Waals surface area contributed by atoms with Crippen LogP contribution in [0, 0.1) is 0 Å². The maximum absolute atomic E-state index is 3.74. The lowest BCUT2D eigenvalue weighted by atomic mass is 10.9. The Morgan fingerprint density at radius 2 is 1.67 bits per heavy atom. The fourth-order valence-electron chi connectivity index (χ4n) is 1.64. The minimum atomic E-state index is -0.823. The number of rotatable bonds is 7. The van der Waals surface area contributed by atoms with Gasteiger partial charge in [-0.3, -0.25) is 0 Å². The molecule has 0 rings (SSSR count). The van der Waals surface area contributed by atoms with Gasteiger partial charge in [0.05, 0.1) is 8.07 Å². The van der Waals surface area contributed by atoms with Gasteiger partial charge in [-0.15, -0.1) is 11.8 Å². The number of thioether (sulfide) groups is 1. The highest BCUT2D eigenvalue weighted by Crippen LogP contribution is 2.26. The van der Waals surface area contributed by atoms with Gasteiger partial charge < -0.3 is 0 Å². The third kappa shape index (κ3) is 3.81. The van der Waals surface area contributed by atoms with Crippen molar-refractivity contribution in [2.45, 2.75) is 44.9 Å². The Morgan fingerprint density at radius 1 is 1.17 bits per heavy atom. The van der Waals surface area contributed by atoms with Crippen LogP contribution in [0.15, 0.2) is 12.0 Å². The Kier molecular flexibility index (Phi) is 6.96. The molecule has 0 unspecified atom stereocenters. The standard InChI is InChI=1S/C10H22SSi/c1-5-11-9-10-12(6-2,7-3)8-4/h5H,1,6-10H2,2-4H3. The van der Waals surface area contributed by atoms with Gasteiger partial charge in [0.2, 0.25) is 0 Å². The van der Waals surface area contributed by atoms with Gasteiger partial charge in [0.15, 0.2) is 0 Å². The largest absolute Gasteiger partial charge is 0.135 e. The molecule has 0 aliphatic heterocycles. The van der Waals surface area contributed by atoms with E-state index in [1.54, 1.807) is 0 Å². The summed E-state index contributed by atoms with van der Waals surface area (Å²) >= 11 is 1.88. The van der Waals surface area contributed by atoms with Crippen LogP contribution in [-0.2, 0) is 0 Å². The van der Waals surface area contributed by atoms with Gasteiger partial charge >= 0.3 is 0 Å². The van der Waals surface area contributed by atoms with Gasteiger partial charge in [-0.05, 0) is 17.2 Å². The van der Waals surface area contributed by atoms with Crippen molar-refractivity contribution in [2.24, 2.45) is 0 Å². The van der Waals surface area contributed by atoms with Crippen molar-refractivity contribution in [3.05, 3.63) is 12.0 Å². The molecule has 12 heavy (non-hydrogen) atoms. The lowest BCUT2D eigenvalue weighted by Gasteiger charge is -2.27. The average molecular weight is 202 g/mol. The first-order valence-electron chi connectivity index (χ1n) is 4.97. The van der Waals surface area contributed by atoms with E-state index in [4.69, 9.17) is 0 Å². The first kappa shape index (κ1) is 12.3. The molecule has 0 aliphatic rings. The molecular formula is C10H22SSi. The van der Waals surface area contributed by atoms with Crippen molar-refractivity contribution >= 4 is 19.8 Å². The predicted octanol–water partition coefficient (Wildman–Crippen LogP) is 4.37. The monoisotopic (exact) mass is 202 g/mol. The number of hydrogen-bond donors (Lipinski definition) is 0. The quantitative estimate of drug-likeness (QED) is 0.436. The van der Waals surface area contributed by atoms with E-state index in [0.29, 0.717) is 0 Å². The minimum absolute atomic E-state index is 0.823. The van der Waals surface area contributed by atoms with Gasteiger partial charge in [0, 0.05) is 0 Å². The predicted molar refractivity (Wildman–Crippen MR) is 64.7 cm³/mol. The van der Waals surface area contributed by atoms with E-state index < -0.39 is 8.07 Å². The summed E-state index contributed by atoms with van der Waals surface area (Å²) in [5.41, 5.74) is 0. The summed E-state index contributed by atoms with van der Waals surface area (Å²) in [4.78, 5) is 0. The van der Waals surface area contributed by atoms with Crippen LogP contribution in [0.4, 0.5) is 0 Å². The van der Waals surface area contributed by atoms with Crippen LogP contribution < -0.4 is 0 Å². The molecule has 0 heterocycles. The highest BCUT2D eigenvalue weighted by atomic mass is 32.2. The molecule has 0 saturated carbocycles. The number of hydrogen-bond acceptors (Lipinski definition) is 1. The van der Waals surface area contributed by atoms with Crippen molar-refractivity contribution in [1.29, 1.82) is 0 Å². The van der Waals surface area contributed by atoms with Crippen molar-refractivity contribution in [3.8, 4) is 0 Å². The average Bonchev–Trinajstić information content (AvgIpc) is 2.14. The Hall–Kier alpha value is 0.307. The molecule has 0 bridgehead atoms. The zero-order chi connectivity index (χ0) is 9.45. The topological polar surface area (TPSA) is 0 Å². The Balaban J connectivity index is 3.84. The molecule has 0 amide bonds. The van der Waals surface area contributed by atoms with Crippen molar-refractivity contribution < 1.29 is 0 Å². The molecule has 0 nitrogen and oxygen atoms in total. The SMILES string of the molecule is C=CSCC[Si](CC)(CC)CC. The molecule has 2 heteroatoms. The summed E-state index contributed by atoms with van der Waals surface area (Å²) in [6, 6.07) is 5.85. The fourth-order valence-corrected chi connectivity index (χ4v) is 6.57. The highest BCUT2D eigenvalue weighted by Gasteiger charge is 2.25. The highest BCUT2D eigenvalue weighted by molar-refractivity contribution is 8.02. The van der Waals surface area contributed by atoms with Gasteiger partial charge in [0.25, 0.3) is 0 Å². The van der Waals surface area contributed by atoms with Crippen molar-refractivity contribution in [1.82, 2.24) is 0 Å². The maximum atomic E-state index is 3.74. The van der Waals surface area contributed by atoms with E-state index in [1.807, 2.05) is 17.2 Å². The van der Waals surface area contributed by atoms with Crippen LogP contribution in [0.2, 0.25) is 24.2 Å². The van der Waals surface area contributed by atoms with Crippen molar-refractivity contribution in [2.75, 3.05) is 5.75 Å². The van der Waals surface area contributed by atoms with Crippen LogP contribution >= 0.6 is 11.8 Å². The summed E-state index contributed by atoms with van der Waals surface area (Å²) in [6.07, 6.45) is 0. The van der Waals surface area contributed by atoms with Crippen LogP contribution in [0.3, 0.4) is 0 Å². The first-order chi connectivity index (χ1) is 5.74. The van der Waals surface area contributed by atoms with E-state index in [-0.39, 0.29) is 0 Å². The van der Waals surface area contributed by atoms with Gasteiger partial charge in [0.1, 0.15) is 0 Å². The zero-order valence-electron chi connectivity index (χ0n) is 8.73. The second kappa shape index (κ2) is 6.78. The first-order valence-corrected chi connectivity index (χ1v) is 8.85. The van der Waals surface area contributed by atoms with Crippen molar-refractivity contribution in [3.63, 3.8) is 0 Å². The molecule has 0 aliphatic carbocycles. The molecule has 0 saturated heterocycles. The second-order valence-corrected chi connectivity index (χ2v) is 10.0. The van der Waals surface area contributed by atoms with Crippen LogP contribution in [0.25, 0.3) is 0 Å². The van der Waals surface area contributed by atoms with E-state index >= 15 is 0 Å². The molecule has 0 aromatic carbocycles. The summed E-state index contributed by atoms with van der Waals surface area (Å²) < 4.78 is 0. The Bertz CT molecular complexity index is 111. The molecule has 0 aromatic rings. The van der Waals surface area contributed by atoms with E-state index in [0.717, 1.165) is 0 Å². The second-order valence-electron chi connectivity index (χ2n) is 3.35. The fraction of sp³-hybridized carbons (Fsp3) is 0.800. The maximum Gasteiger partial charge on any atom is 0.0535 e. The van der Waals surface area contributed by atoms with Crippen LogP contribution in [0.1, 0.15) is 20.8 Å². The lowest BCUT2D eigenvalue weighted by Crippen LogP contribution is -2.31. The molecule has 72 valence electrons. The Labute approximate surface area is 82.8 Å². The molecule has 0 atom stereocenters. The molecule has 0 spiro atoms. The van der Waals surface area contributed by atoms with E-state index in [1.165, 1.54) is 29.9 Å². The van der Waals surface area contributed by atoms with Gasteiger partial charge in [-0.2, -0.15) is 0 Å². The summed E-state index contributed by atoms with van der Waals surface area (Å²) in [5, 5.41) is 1.97. The van der Waals surface area contributed by atoms with Crippen LogP contribution in [-0.4, -0.2) is 13.8 Å². The molecule has 0 fully saturated rings. The molecule has 0 aromatic heterocycles. The summed E-state index contributed by atoms with van der Waals surface area (Å²) in [6.45, 7) is 10.9. The van der Waals surface area contributed by atoms with E-state index in [9.17, 15) is 0 Å². The summed E-state index contributed by atoms with van der Waals surface area (Å²) in [7, 11) is -0.823. The molecular weight excluding hydrogens is 180 g/mol. The third-order valence-electron chi connectivity index (χ3n) is 3.12. The third-order valence-corrected chi connectivity index (χ3v) is 9.97. The smallest absolute Gasteiger partial charge is 0.0535 e. The molecule has 0 radical (unpaired) electrons. The van der Waals surface area contributed by atoms with Crippen LogP contribution in [0.5, 0.6) is 0 Å².